The van der Waals surface area contributed by atoms with Crippen molar-refractivity contribution in [3.63, 3.8) is 0 Å². The van der Waals surface area contributed by atoms with E-state index in [1.807, 2.05) is 0 Å². The Labute approximate surface area is 112 Å². The Morgan fingerprint density at radius 2 is 1.89 bits per heavy atom. The van der Waals surface area contributed by atoms with Gasteiger partial charge in [-0.1, -0.05) is 11.6 Å². The monoisotopic (exact) mass is 283 g/mol. The van der Waals surface area contributed by atoms with E-state index in [1.165, 1.54) is 24.3 Å². The van der Waals surface area contributed by atoms with E-state index in [2.05, 4.69) is 0 Å². The predicted molar refractivity (Wildman–Crippen MR) is 66.2 cm³/mol. The van der Waals surface area contributed by atoms with E-state index in [4.69, 9.17) is 21.4 Å². The number of benzene rings is 2. The van der Waals surface area contributed by atoms with Gasteiger partial charge in [-0.25, -0.2) is 4.39 Å². The Morgan fingerprint density at radius 1 is 1.26 bits per heavy atom. The lowest BCUT2D eigenvalue weighted by Crippen LogP contribution is -1.95. The van der Waals surface area contributed by atoms with Crippen molar-refractivity contribution in [3.8, 4) is 17.2 Å². The lowest BCUT2D eigenvalue weighted by molar-refractivity contribution is -0.385. The molecule has 2 aromatic rings. The fourth-order valence-corrected chi connectivity index (χ4v) is 1.54. The number of nitro benzene ring substituents is 1. The van der Waals surface area contributed by atoms with Gasteiger partial charge in [-0.3, -0.25) is 10.1 Å². The number of ether oxygens (including phenoxy) is 1. The molecule has 1 N–H and O–H groups in total. The maximum Gasteiger partial charge on any atom is 0.313 e. The van der Waals surface area contributed by atoms with E-state index in [1.54, 1.807) is 0 Å². The number of phenolic OH excluding ortho intramolecular Hbond substituents is 1. The van der Waals surface area contributed by atoms with Gasteiger partial charge < -0.3 is 9.84 Å². The highest BCUT2D eigenvalue weighted by molar-refractivity contribution is 6.31. The first-order valence-corrected chi connectivity index (χ1v) is 5.45. The number of halogens is 2. The van der Waals surface area contributed by atoms with Gasteiger partial charge in [0.15, 0.2) is 0 Å². The quantitative estimate of drug-likeness (QED) is 0.685. The molecule has 0 atom stereocenters. The van der Waals surface area contributed by atoms with Gasteiger partial charge in [-0.15, -0.1) is 0 Å². The molecule has 0 amide bonds. The number of phenols is 1. The van der Waals surface area contributed by atoms with Crippen LogP contribution in [0, 0.1) is 15.9 Å². The van der Waals surface area contributed by atoms with Gasteiger partial charge in [0.1, 0.15) is 17.3 Å². The number of aromatic hydroxyl groups is 1. The summed E-state index contributed by atoms with van der Waals surface area (Å²) in [6.07, 6.45) is 0. The summed E-state index contributed by atoms with van der Waals surface area (Å²) in [4.78, 5) is 10.1. The predicted octanol–water partition coefficient (Wildman–Crippen LogP) is 3.89. The third-order valence-electron chi connectivity index (χ3n) is 2.26. The Morgan fingerprint density at radius 3 is 2.47 bits per heavy atom. The van der Waals surface area contributed by atoms with E-state index >= 15 is 0 Å². The Hall–Kier alpha value is -2.34. The molecule has 0 aliphatic heterocycles. The standard InChI is InChI=1S/C12H7ClFNO4/c13-9-5-11(15(17)18)12(6-10(9)14)19-8-3-1-7(16)2-4-8/h1-6,16H. The molecule has 2 rings (SSSR count). The number of nitrogens with zero attached hydrogens (tertiary/aromatic N) is 1. The van der Waals surface area contributed by atoms with Crippen LogP contribution in [0.5, 0.6) is 17.2 Å². The first-order chi connectivity index (χ1) is 8.97. The van der Waals surface area contributed by atoms with Crippen LogP contribution in [0.2, 0.25) is 5.02 Å². The summed E-state index contributed by atoms with van der Waals surface area (Å²) in [6.45, 7) is 0. The van der Waals surface area contributed by atoms with Crippen LogP contribution >= 0.6 is 11.6 Å². The molecule has 0 aliphatic carbocycles. The van der Waals surface area contributed by atoms with Gasteiger partial charge in [0.25, 0.3) is 0 Å². The third-order valence-corrected chi connectivity index (χ3v) is 2.55. The highest BCUT2D eigenvalue weighted by Gasteiger charge is 2.19. The van der Waals surface area contributed by atoms with Crippen LogP contribution < -0.4 is 4.74 Å². The maximum absolute atomic E-state index is 13.3. The number of nitro groups is 1. The van der Waals surface area contributed by atoms with Gasteiger partial charge in [0, 0.05) is 12.1 Å². The Bertz CT molecular complexity index is 630. The molecule has 98 valence electrons. The molecule has 0 saturated carbocycles. The van der Waals surface area contributed by atoms with Crippen molar-refractivity contribution in [2.75, 3.05) is 0 Å². The van der Waals surface area contributed by atoms with Crippen LogP contribution in [0.15, 0.2) is 36.4 Å². The molecule has 0 unspecified atom stereocenters. The van der Waals surface area contributed by atoms with Gasteiger partial charge in [-0.05, 0) is 24.3 Å². The summed E-state index contributed by atoms with van der Waals surface area (Å²) in [6, 6.07) is 7.19. The minimum Gasteiger partial charge on any atom is -0.508 e. The van der Waals surface area contributed by atoms with Crippen molar-refractivity contribution in [3.05, 3.63) is 57.4 Å². The second kappa shape index (κ2) is 5.11. The SMILES string of the molecule is O=[N+]([O-])c1cc(Cl)c(F)cc1Oc1ccc(O)cc1. The third kappa shape index (κ3) is 2.92. The molecular weight excluding hydrogens is 277 g/mol. The van der Waals surface area contributed by atoms with E-state index in [0.29, 0.717) is 0 Å². The Kier molecular flexibility index (Phi) is 3.52. The second-order valence-corrected chi connectivity index (χ2v) is 3.99. The summed E-state index contributed by atoms with van der Waals surface area (Å²) in [7, 11) is 0. The summed E-state index contributed by atoms with van der Waals surface area (Å²) < 4.78 is 18.5. The number of hydrogen-bond acceptors (Lipinski definition) is 4. The molecule has 0 aliphatic rings. The first kappa shape index (κ1) is 13.1. The smallest absolute Gasteiger partial charge is 0.313 e. The fraction of sp³-hybridized carbons (Fsp3) is 0. The summed E-state index contributed by atoms with van der Waals surface area (Å²) >= 11 is 5.49. The molecule has 0 radical (unpaired) electrons. The van der Waals surface area contributed by atoms with Gasteiger partial charge in [0.2, 0.25) is 5.75 Å². The minimum absolute atomic E-state index is 0.0177. The van der Waals surface area contributed by atoms with Crippen LogP contribution in [-0.2, 0) is 0 Å². The van der Waals surface area contributed by atoms with Crippen LogP contribution in [0.4, 0.5) is 10.1 Å². The largest absolute Gasteiger partial charge is 0.508 e. The van der Waals surface area contributed by atoms with Gasteiger partial charge in [0.05, 0.1) is 9.95 Å². The van der Waals surface area contributed by atoms with Gasteiger partial charge in [-0.2, -0.15) is 0 Å². The summed E-state index contributed by atoms with van der Waals surface area (Å²) in [5, 5.41) is 19.6. The van der Waals surface area contributed by atoms with Crippen LogP contribution in [-0.4, -0.2) is 10.0 Å². The molecular formula is C12H7ClFNO4. The highest BCUT2D eigenvalue weighted by Crippen LogP contribution is 2.35. The second-order valence-electron chi connectivity index (χ2n) is 3.59. The topological polar surface area (TPSA) is 72.6 Å². The minimum atomic E-state index is -0.818. The number of rotatable bonds is 3. The van der Waals surface area contributed by atoms with E-state index in [0.717, 1.165) is 12.1 Å². The molecule has 5 nitrogen and oxygen atoms in total. The first-order valence-electron chi connectivity index (χ1n) is 5.07. The lowest BCUT2D eigenvalue weighted by Gasteiger charge is -2.07. The highest BCUT2D eigenvalue weighted by atomic mass is 35.5. The molecule has 19 heavy (non-hydrogen) atoms. The normalized spacial score (nSPS) is 10.2. The van der Waals surface area contributed by atoms with Gasteiger partial charge >= 0.3 is 5.69 Å². The van der Waals surface area contributed by atoms with Crippen molar-refractivity contribution in [1.82, 2.24) is 0 Å². The maximum atomic E-state index is 13.3. The molecule has 0 aromatic heterocycles. The van der Waals surface area contributed by atoms with Crippen LogP contribution in [0.3, 0.4) is 0 Å². The van der Waals surface area contributed by atoms with E-state index in [-0.39, 0.29) is 22.3 Å². The van der Waals surface area contributed by atoms with Crippen molar-refractivity contribution in [2.24, 2.45) is 0 Å². The average molecular weight is 284 g/mol. The van der Waals surface area contributed by atoms with Crippen molar-refractivity contribution in [1.29, 1.82) is 0 Å². The fourth-order valence-electron chi connectivity index (χ4n) is 1.38. The van der Waals surface area contributed by atoms with Crippen molar-refractivity contribution >= 4 is 17.3 Å². The number of hydrogen-bond donors (Lipinski definition) is 1. The van der Waals surface area contributed by atoms with E-state index < -0.39 is 16.4 Å². The summed E-state index contributed by atoms with van der Waals surface area (Å²) in [5.41, 5.74) is -0.445. The van der Waals surface area contributed by atoms with E-state index in [9.17, 15) is 14.5 Å². The molecule has 7 heteroatoms. The molecule has 0 spiro atoms. The average Bonchev–Trinajstić information content (AvgIpc) is 2.36. The van der Waals surface area contributed by atoms with Crippen molar-refractivity contribution in [2.45, 2.75) is 0 Å². The lowest BCUT2D eigenvalue weighted by atomic mass is 10.2. The summed E-state index contributed by atoms with van der Waals surface area (Å²) in [5.74, 6) is -0.842. The zero-order valence-electron chi connectivity index (χ0n) is 9.34. The molecule has 0 bridgehead atoms. The molecule has 0 heterocycles. The Balaban J connectivity index is 2.41. The van der Waals surface area contributed by atoms with Crippen LogP contribution in [0.1, 0.15) is 0 Å². The molecule has 0 saturated heterocycles. The zero-order valence-corrected chi connectivity index (χ0v) is 10.1. The van der Waals surface area contributed by atoms with Crippen molar-refractivity contribution < 1.29 is 19.2 Å². The zero-order chi connectivity index (χ0) is 14.0. The molecule has 0 fully saturated rings. The van der Waals surface area contributed by atoms with Crippen LogP contribution in [0.25, 0.3) is 0 Å². The molecule has 2 aromatic carbocycles.